The number of hydrogen-bond donors (Lipinski definition) is 1. The van der Waals surface area contributed by atoms with Crippen LogP contribution < -0.4 is 5.01 Å². The van der Waals surface area contributed by atoms with Gasteiger partial charge in [0.2, 0.25) is 5.13 Å². The van der Waals surface area contributed by atoms with Gasteiger partial charge in [0.25, 0.3) is 0 Å². The van der Waals surface area contributed by atoms with Crippen LogP contribution in [0.4, 0.5) is 5.13 Å². The zero-order valence-electron chi connectivity index (χ0n) is 16.1. The highest BCUT2D eigenvalue weighted by molar-refractivity contribution is 7.14. The van der Waals surface area contributed by atoms with Crippen LogP contribution in [0.15, 0.2) is 70.5 Å². The highest BCUT2D eigenvalue weighted by Gasteiger charge is 2.32. The zero-order chi connectivity index (χ0) is 20.7. The summed E-state index contributed by atoms with van der Waals surface area (Å²) in [6.45, 7) is 2.09. The van der Waals surface area contributed by atoms with Crippen molar-refractivity contribution in [1.29, 1.82) is 0 Å². The molecule has 0 radical (unpaired) electrons. The van der Waals surface area contributed by atoms with Gasteiger partial charge in [-0.05, 0) is 42.1 Å². The minimum atomic E-state index is 0.0784. The average Bonchev–Trinajstić information content (AvgIpc) is 3.50. The number of aryl methyl sites for hydroxylation is 1. The SMILES string of the molecule is Cc1ccc([C@H]2CC(c3cccs3)=NN2c2nc(-c3cc(Cl)ccc3O)cs2)cc1. The lowest BCUT2D eigenvalue weighted by molar-refractivity contribution is 0.477. The molecule has 0 unspecified atom stereocenters. The van der Waals surface area contributed by atoms with E-state index in [-0.39, 0.29) is 11.8 Å². The lowest BCUT2D eigenvalue weighted by Crippen LogP contribution is -2.18. The summed E-state index contributed by atoms with van der Waals surface area (Å²) in [6, 6.07) is 17.8. The van der Waals surface area contributed by atoms with Gasteiger partial charge in [0, 0.05) is 22.4 Å². The van der Waals surface area contributed by atoms with E-state index in [4.69, 9.17) is 21.7 Å². The van der Waals surface area contributed by atoms with Gasteiger partial charge in [-0.2, -0.15) is 5.10 Å². The molecule has 150 valence electrons. The molecule has 0 saturated heterocycles. The summed E-state index contributed by atoms with van der Waals surface area (Å²) in [7, 11) is 0. The molecule has 5 rings (SSSR count). The van der Waals surface area contributed by atoms with Gasteiger partial charge in [-0.1, -0.05) is 47.5 Å². The number of hydrazone groups is 1. The van der Waals surface area contributed by atoms with Crippen LogP contribution in [0, 0.1) is 6.92 Å². The van der Waals surface area contributed by atoms with E-state index < -0.39 is 0 Å². The number of rotatable bonds is 4. The Morgan fingerprint density at radius 2 is 1.93 bits per heavy atom. The first-order chi connectivity index (χ1) is 14.6. The number of aromatic nitrogens is 1. The predicted octanol–water partition coefficient (Wildman–Crippen LogP) is 6.89. The van der Waals surface area contributed by atoms with E-state index in [1.165, 1.54) is 27.3 Å². The Kier molecular flexibility index (Phi) is 5.06. The molecule has 3 heterocycles. The lowest BCUT2D eigenvalue weighted by Gasteiger charge is -2.21. The van der Waals surface area contributed by atoms with Crippen LogP contribution in [0.5, 0.6) is 5.75 Å². The van der Waals surface area contributed by atoms with Crippen LogP contribution >= 0.6 is 34.3 Å². The molecule has 1 atom stereocenters. The Morgan fingerprint density at radius 3 is 2.70 bits per heavy atom. The Labute approximate surface area is 187 Å². The highest BCUT2D eigenvalue weighted by atomic mass is 35.5. The van der Waals surface area contributed by atoms with Crippen molar-refractivity contribution in [2.75, 3.05) is 5.01 Å². The van der Waals surface area contributed by atoms with Crippen molar-refractivity contribution in [1.82, 2.24) is 4.98 Å². The topological polar surface area (TPSA) is 48.7 Å². The smallest absolute Gasteiger partial charge is 0.207 e. The summed E-state index contributed by atoms with van der Waals surface area (Å²) in [5.41, 5.74) is 4.82. The molecule has 0 aliphatic carbocycles. The van der Waals surface area contributed by atoms with Gasteiger partial charge >= 0.3 is 0 Å². The molecule has 0 amide bonds. The zero-order valence-corrected chi connectivity index (χ0v) is 18.5. The number of anilines is 1. The monoisotopic (exact) mass is 451 g/mol. The Balaban J connectivity index is 1.55. The van der Waals surface area contributed by atoms with Gasteiger partial charge in [0.05, 0.1) is 22.3 Å². The van der Waals surface area contributed by atoms with Crippen LogP contribution in [0.1, 0.15) is 28.5 Å². The predicted molar refractivity (Wildman–Crippen MR) is 126 cm³/mol. The molecule has 0 fully saturated rings. The van der Waals surface area contributed by atoms with E-state index in [2.05, 4.69) is 48.7 Å². The molecule has 2 aromatic carbocycles. The van der Waals surface area contributed by atoms with Crippen molar-refractivity contribution < 1.29 is 5.11 Å². The van der Waals surface area contributed by atoms with E-state index in [1.54, 1.807) is 29.5 Å². The molecule has 7 heteroatoms. The molecule has 2 aromatic heterocycles. The largest absolute Gasteiger partial charge is 0.507 e. The third-order valence-corrected chi connectivity index (χ3v) is 7.08. The first kappa shape index (κ1) is 19.3. The average molecular weight is 452 g/mol. The minimum absolute atomic E-state index is 0.0784. The minimum Gasteiger partial charge on any atom is -0.507 e. The summed E-state index contributed by atoms with van der Waals surface area (Å²) in [4.78, 5) is 5.98. The van der Waals surface area contributed by atoms with Gasteiger partial charge in [0.15, 0.2) is 0 Å². The first-order valence-corrected chi connectivity index (χ1v) is 11.6. The third kappa shape index (κ3) is 3.62. The number of nitrogens with zero attached hydrogens (tertiary/aromatic N) is 3. The van der Waals surface area contributed by atoms with Gasteiger partial charge in [0.1, 0.15) is 5.75 Å². The van der Waals surface area contributed by atoms with Crippen molar-refractivity contribution in [3.63, 3.8) is 0 Å². The summed E-state index contributed by atoms with van der Waals surface area (Å²) in [5, 5.41) is 22.6. The molecular formula is C23H18ClN3OS2. The van der Waals surface area contributed by atoms with E-state index >= 15 is 0 Å². The number of benzene rings is 2. The van der Waals surface area contributed by atoms with Crippen LogP contribution in [-0.4, -0.2) is 15.8 Å². The second-order valence-corrected chi connectivity index (χ2v) is 9.40. The number of hydrogen-bond acceptors (Lipinski definition) is 6. The van der Waals surface area contributed by atoms with Crippen molar-refractivity contribution in [2.24, 2.45) is 5.10 Å². The number of aromatic hydroxyl groups is 1. The van der Waals surface area contributed by atoms with Gasteiger partial charge in [-0.25, -0.2) is 9.99 Å². The fourth-order valence-corrected chi connectivity index (χ4v) is 5.25. The highest BCUT2D eigenvalue weighted by Crippen LogP contribution is 2.41. The van der Waals surface area contributed by atoms with Crippen molar-refractivity contribution in [3.8, 4) is 17.0 Å². The van der Waals surface area contributed by atoms with Gasteiger partial charge in [-0.15, -0.1) is 22.7 Å². The number of phenolic OH excluding ortho intramolecular Hbond substituents is 1. The van der Waals surface area contributed by atoms with Crippen LogP contribution in [-0.2, 0) is 0 Å². The number of halogens is 1. The van der Waals surface area contributed by atoms with E-state index in [1.807, 2.05) is 10.4 Å². The molecule has 0 saturated carbocycles. The second kappa shape index (κ2) is 7.87. The van der Waals surface area contributed by atoms with Crippen molar-refractivity contribution >= 4 is 45.1 Å². The summed E-state index contributed by atoms with van der Waals surface area (Å²) in [5.74, 6) is 0.163. The number of phenols is 1. The van der Waals surface area contributed by atoms with Crippen molar-refractivity contribution in [3.05, 3.63) is 86.4 Å². The lowest BCUT2D eigenvalue weighted by atomic mass is 10.0. The molecular weight excluding hydrogens is 434 g/mol. The molecule has 0 bridgehead atoms. The quantitative estimate of drug-likeness (QED) is 0.367. The molecule has 4 aromatic rings. The Bertz CT molecular complexity index is 1220. The Hall–Kier alpha value is -2.67. The summed E-state index contributed by atoms with van der Waals surface area (Å²) >= 11 is 9.34. The number of thiazole rings is 1. The van der Waals surface area contributed by atoms with E-state index in [9.17, 15) is 5.11 Å². The fraction of sp³-hybridized carbons (Fsp3) is 0.130. The Morgan fingerprint density at radius 1 is 1.10 bits per heavy atom. The molecule has 1 N–H and O–H groups in total. The maximum Gasteiger partial charge on any atom is 0.207 e. The van der Waals surface area contributed by atoms with Gasteiger partial charge in [-0.3, -0.25) is 0 Å². The van der Waals surface area contributed by atoms with Crippen molar-refractivity contribution in [2.45, 2.75) is 19.4 Å². The molecule has 1 aliphatic heterocycles. The van der Waals surface area contributed by atoms with Crippen LogP contribution in [0.2, 0.25) is 5.02 Å². The third-order valence-electron chi connectivity index (χ3n) is 5.10. The van der Waals surface area contributed by atoms with E-state index in [0.717, 1.165) is 17.3 Å². The standard InChI is InChI=1S/C23H18ClN3OS2/c1-14-4-6-15(7-5-14)20-12-18(22-3-2-10-29-22)26-27(20)23-25-19(13-30-23)17-11-16(24)8-9-21(17)28/h2-11,13,20,28H,12H2,1H3/t20-/m1/s1. The number of thiophene rings is 1. The van der Waals surface area contributed by atoms with Gasteiger partial charge < -0.3 is 5.11 Å². The summed E-state index contributed by atoms with van der Waals surface area (Å²) in [6.07, 6.45) is 0.820. The summed E-state index contributed by atoms with van der Waals surface area (Å²) < 4.78 is 0. The van der Waals surface area contributed by atoms with E-state index in [0.29, 0.717) is 16.3 Å². The first-order valence-electron chi connectivity index (χ1n) is 9.50. The normalized spacial score (nSPS) is 16.1. The van der Waals surface area contributed by atoms with Crippen LogP contribution in [0.25, 0.3) is 11.3 Å². The maximum absolute atomic E-state index is 10.3. The second-order valence-electron chi connectivity index (χ2n) is 7.18. The molecule has 1 aliphatic rings. The van der Waals surface area contributed by atoms with Crippen LogP contribution in [0.3, 0.4) is 0 Å². The fourth-order valence-electron chi connectivity index (χ4n) is 3.53. The maximum atomic E-state index is 10.3. The molecule has 30 heavy (non-hydrogen) atoms. The molecule has 4 nitrogen and oxygen atoms in total. The molecule has 0 spiro atoms.